The quantitative estimate of drug-likeness (QED) is 0.716. The number of hydrogen-bond acceptors (Lipinski definition) is 6. The lowest BCUT2D eigenvalue weighted by atomic mass is 9.98. The fourth-order valence-electron chi connectivity index (χ4n) is 3.02. The number of fused-ring (bicyclic) bond motifs is 2. The van der Waals surface area contributed by atoms with E-state index < -0.39 is 0 Å². The molecule has 25 heavy (non-hydrogen) atoms. The van der Waals surface area contributed by atoms with Gasteiger partial charge in [-0.05, 0) is 35.7 Å². The zero-order valence-corrected chi connectivity index (χ0v) is 14.0. The molecule has 0 radical (unpaired) electrons. The van der Waals surface area contributed by atoms with Crippen molar-refractivity contribution in [3.05, 3.63) is 47.5 Å². The van der Waals surface area contributed by atoms with E-state index in [2.05, 4.69) is 15.1 Å². The summed E-state index contributed by atoms with van der Waals surface area (Å²) in [4.78, 5) is 22.8. The molecule has 0 bridgehead atoms. The zero-order chi connectivity index (χ0) is 17.4. The SMILES string of the molecule is COc1cc2c(cc1OC)CN(C(=O)c1nc3ncccn3n1)CC2. The van der Waals surface area contributed by atoms with Crippen LogP contribution in [0.4, 0.5) is 0 Å². The van der Waals surface area contributed by atoms with Crippen LogP contribution in [0.5, 0.6) is 11.5 Å². The third kappa shape index (κ3) is 2.65. The lowest BCUT2D eigenvalue weighted by Crippen LogP contribution is -2.36. The third-order valence-electron chi connectivity index (χ3n) is 4.31. The van der Waals surface area contributed by atoms with E-state index in [1.807, 2.05) is 12.1 Å². The Morgan fingerprint density at radius 3 is 2.64 bits per heavy atom. The first-order valence-electron chi connectivity index (χ1n) is 7.90. The van der Waals surface area contributed by atoms with E-state index in [1.165, 1.54) is 4.52 Å². The lowest BCUT2D eigenvalue weighted by molar-refractivity contribution is 0.0722. The van der Waals surface area contributed by atoms with Gasteiger partial charge in [-0.3, -0.25) is 4.79 Å². The van der Waals surface area contributed by atoms with Crippen molar-refractivity contribution in [2.45, 2.75) is 13.0 Å². The first-order valence-corrected chi connectivity index (χ1v) is 7.90. The van der Waals surface area contributed by atoms with Crippen molar-refractivity contribution in [3.8, 4) is 11.5 Å². The summed E-state index contributed by atoms with van der Waals surface area (Å²) in [5.74, 6) is 1.72. The van der Waals surface area contributed by atoms with Crippen molar-refractivity contribution in [2.75, 3.05) is 20.8 Å². The van der Waals surface area contributed by atoms with E-state index in [-0.39, 0.29) is 11.7 Å². The van der Waals surface area contributed by atoms with Crippen LogP contribution in [0, 0.1) is 0 Å². The van der Waals surface area contributed by atoms with Gasteiger partial charge in [-0.2, -0.15) is 4.98 Å². The van der Waals surface area contributed by atoms with Crippen LogP contribution in [0.2, 0.25) is 0 Å². The monoisotopic (exact) mass is 339 g/mol. The molecule has 0 spiro atoms. The predicted octanol–water partition coefficient (Wildman–Crippen LogP) is 1.34. The first-order chi connectivity index (χ1) is 12.2. The molecular weight excluding hydrogens is 322 g/mol. The minimum atomic E-state index is -0.203. The molecule has 0 N–H and O–H groups in total. The van der Waals surface area contributed by atoms with Crippen molar-refractivity contribution < 1.29 is 14.3 Å². The number of hydrogen-bond donors (Lipinski definition) is 0. The number of aromatic nitrogens is 4. The maximum Gasteiger partial charge on any atom is 0.293 e. The van der Waals surface area contributed by atoms with E-state index in [1.54, 1.807) is 37.6 Å². The summed E-state index contributed by atoms with van der Waals surface area (Å²) in [6.45, 7) is 1.09. The van der Waals surface area contributed by atoms with Crippen molar-refractivity contribution in [1.29, 1.82) is 0 Å². The number of rotatable bonds is 3. The van der Waals surface area contributed by atoms with Crippen molar-refractivity contribution in [2.24, 2.45) is 0 Å². The number of nitrogens with zero attached hydrogens (tertiary/aromatic N) is 5. The van der Waals surface area contributed by atoms with Gasteiger partial charge in [-0.1, -0.05) is 0 Å². The van der Waals surface area contributed by atoms with E-state index in [0.717, 1.165) is 17.5 Å². The van der Waals surface area contributed by atoms with Crippen molar-refractivity contribution >= 4 is 11.7 Å². The number of ether oxygens (including phenoxy) is 2. The Hall–Kier alpha value is -3.16. The van der Waals surface area contributed by atoms with Gasteiger partial charge in [0, 0.05) is 25.5 Å². The average molecular weight is 339 g/mol. The zero-order valence-electron chi connectivity index (χ0n) is 14.0. The number of carbonyl (C=O) groups is 1. The van der Waals surface area contributed by atoms with E-state index in [9.17, 15) is 4.79 Å². The molecular formula is C17H17N5O3. The Morgan fingerprint density at radius 1 is 1.16 bits per heavy atom. The number of benzene rings is 1. The van der Waals surface area contributed by atoms with Gasteiger partial charge in [0.25, 0.3) is 11.7 Å². The summed E-state index contributed by atoms with van der Waals surface area (Å²) in [5.41, 5.74) is 2.20. The Kier molecular flexibility index (Phi) is 3.72. The molecule has 8 heteroatoms. The smallest absolute Gasteiger partial charge is 0.293 e. The van der Waals surface area contributed by atoms with Crippen LogP contribution in [0.15, 0.2) is 30.6 Å². The average Bonchev–Trinajstić information content (AvgIpc) is 3.10. The fraction of sp³-hybridized carbons (Fsp3) is 0.294. The largest absolute Gasteiger partial charge is 0.493 e. The summed E-state index contributed by atoms with van der Waals surface area (Å²) >= 11 is 0. The molecule has 0 unspecified atom stereocenters. The molecule has 0 fully saturated rings. The highest BCUT2D eigenvalue weighted by Crippen LogP contribution is 2.33. The maximum atomic E-state index is 12.8. The maximum absolute atomic E-state index is 12.8. The number of methoxy groups -OCH3 is 2. The Bertz CT molecular complexity index is 920. The van der Waals surface area contributed by atoms with Gasteiger partial charge in [0.15, 0.2) is 11.5 Å². The molecule has 3 aromatic rings. The molecule has 1 aliphatic rings. The van der Waals surface area contributed by atoms with Crippen LogP contribution in [0.3, 0.4) is 0 Å². The highest BCUT2D eigenvalue weighted by Gasteiger charge is 2.26. The van der Waals surface area contributed by atoms with Crippen LogP contribution >= 0.6 is 0 Å². The molecule has 3 heterocycles. The summed E-state index contributed by atoms with van der Waals surface area (Å²) in [6.07, 6.45) is 4.08. The molecule has 1 aliphatic heterocycles. The molecule has 0 aliphatic carbocycles. The minimum absolute atomic E-state index is 0.155. The lowest BCUT2D eigenvalue weighted by Gasteiger charge is -2.28. The van der Waals surface area contributed by atoms with Crippen molar-refractivity contribution in [1.82, 2.24) is 24.5 Å². The predicted molar refractivity (Wildman–Crippen MR) is 88.8 cm³/mol. The first kappa shape index (κ1) is 15.4. The van der Waals surface area contributed by atoms with Crippen LogP contribution in [-0.4, -0.2) is 51.2 Å². The van der Waals surface area contributed by atoms with Gasteiger partial charge in [0.1, 0.15) is 0 Å². The second-order valence-corrected chi connectivity index (χ2v) is 5.75. The number of amides is 1. The van der Waals surface area contributed by atoms with E-state index in [0.29, 0.717) is 30.4 Å². The number of carbonyl (C=O) groups excluding carboxylic acids is 1. The molecule has 8 nitrogen and oxygen atoms in total. The van der Waals surface area contributed by atoms with Gasteiger partial charge in [0.05, 0.1) is 14.2 Å². The highest BCUT2D eigenvalue weighted by atomic mass is 16.5. The molecule has 2 aromatic heterocycles. The van der Waals surface area contributed by atoms with Gasteiger partial charge in [-0.15, -0.1) is 5.10 Å². The van der Waals surface area contributed by atoms with E-state index in [4.69, 9.17) is 9.47 Å². The van der Waals surface area contributed by atoms with Gasteiger partial charge in [0.2, 0.25) is 5.82 Å². The Balaban J connectivity index is 1.62. The summed E-state index contributed by atoms with van der Waals surface area (Å²) in [5, 5.41) is 4.21. The third-order valence-corrected chi connectivity index (χ3v) is 4.31. The molecule has 1 aromatic carbocycles. The van der Waals surface area contributed by atoms with Gasteiger partial charge >= 0.3 is 0 Å². The minimum Gasteiger partial charge on any atom is -0.493 e. The summed E-state index contributed by atoms with van der Waals surface area (Å²) in [6, 6.07) is 5.64. The second-order valence-electron chi connectivity index (χ2n) is 5.75. The highest BCUT2D eigenvalue weighted by molar-refractivity contribution is 5.91. The van der Waals surface area contributed by atoms with Crippen LogP contribution in [0.25, 0.3) is 5.78 Å². The molecule has 128 valence electrons. The van der Waals surface area contributed by atoms with Crippen molar-refractivity contribution in [3.63, 3.8) is 0 Å². The standard InChI is InChI=1S/C17H17N5O3/c1-24-13-8-11-4-7-21(10-12(11)9-14(13)25-2)16(23)15-19-17-18-5-3-6-22(17)20-15/h3,5-6,8-9H,4,7,10H2,1-2H3. The van der Waals surface area contributed by atoms with Crippen LogP contribution < -0.4 is 9.47 Å². The fourth-order valence-corrected chi connectivity index (χ4v) is 3.02. The topological polar surface area (TPSA) is 81.9 Å². The summed E-state index contributed by atoms with van der Waals surface area (Å²) < 4.78 is 12.2. The van der Waals surface area contributed by atoms with Gasteiger partial charge < -0.3 is 14.4 Å². The second kappa shape index (κ2) is 6.04. The molecule has 4 rings (SSSR count). The normalized spacial score (nSPS) is 13.6. The Morgan fingerprint density at radius 2 is 1.92 bits per heavy atom. The van der Waals surface area contributed by atoms with E-state index >= 15 is 0 Å². The molecule has 0 atom stereocenters. The Labute approximate surface area is 144 Å². The molecule has 0 saturated heterocycles. The van der Waals surface area contributed by atoms with Crippen LogP contribution in [0.1, 0.15) is 21.7 Å². The summed E-state index contributed by atoms with van der Waals surface area (Å²) in [7, 11) is 3.22. The van der Waals surface area contributed by atoms with Gasteiger partial charge in [-0.25, -0.2) is 9.50 Å². The molecule has 0 saturated carbocycles. The van der Waals surface area contributed by atoms with Crippen LogP contribution in [-0.2, 0) is 13.0 Å². The molecule has 1 amide bonds.